The van der Waals surface area contributed by atoms with Gasteiger partial charge in [-0.3, -0.25) is 4.98 Å². The molecule has 0 radical (unpaired) electrons. The van der Waals surface area contributed by atoms with Crippen molar-refractivity contribution in [1.82, 2.24) is 15.0 Å². The number of nitrogens with zero attached hydrogens (tertiary/aromatic N) is 5. The van der Waals surface area contributed by atoms with Crippen LogP contribution in [0.15, 0.2) is 79.1 Å². The van der Waals surface area contributed by atoms with E-state index in [-0.39, 0.29) is 0 Å². The second-order valence-electron chi connectivity index (χ2n) is 8.08. The van der Waals surface area contributed by atoms with Crippen LogP contribution < -0.4 is 15.5 Å². The van der Waals surface area contributed by atoms with E-state index in [0.717, 1.165) is 54.6 Å². The summed E-state index contributed by atoms with van der Waals surface area (Å²) in [5, 5.41) is 16.3. The van der Waals surface area contributed by atoms with Crippen molar-refractivity contribution >= 4 is 23.0 Å². The molecule has 35 heavy (non-hydrogen) atoms. The maximum atomic E-state index is 9.69. The van der Waals surface area contributed by atoms with Crippen LogP contribution in [0.2, 0.25) is 0 Å². The molecule has 1 saturated heterocycles. The van der Waals surface area contributed by atoms with Crippen molar-refractivity contribution < 1.29 is 4.74 Å². The van der Waals surface area contributed by atoms with Gasteiger partial charge in [0, 0.05) is 42.4 Å². The van der Waals surface area contributed by atoms with Crippen molar-refractivity contribution in [1.29, 1.82) is 5.26 Å². The quantitative estimate of drug-likeness (QED) is 0.410. The molecular weight excluding hydrogens is 438 g/mol. The van der Waals surface area contributed by atoms with Crippen LogP contribution in [0.4, 0.5) is 23.0 Å². The number of aromatic nitrogens is 3. The van der Waals surface area contributed by atoms with Crippen molar-refractivity contribution in [2.75, 3.05) is 41.8 Å². The first-order chi connectivity index (χ1) is 17.3. The van der Waals surface area contributed by atoms with Crippen LogP contribution in [0.1, 0.15) is 11.3 Å². The highest BCUT2D eigenvalue weighted by atomic mass is 16.5. The first kappa shape index (κ1) is 22.3. The first-order valence-corrected chi connectivity index (χ1v) is 11.5. The molecule has 2 aromatic heterocycles. The Labute approximate surface area is 204 Å². The minimum Gasteiger partial charge on any atom is -0.378 e. The van der Waals surface area contributed by atoms with E-state index in [1.165, 1.54) is 5.69 Å². The lowest BCUT2D eigenvalue weighted by Gasteiger charge is -2.28. The van der Waals surface area contributed by atoms with Gasteiger partial charge in [-0.25, -0.2) is 9.97 Å². The second kappa shape index (κ2) is 10.6. The third-order valence-corrected chi connectivity index (χ3v) is 5.78. The summed E-state index contributed by atoms with van der Waals surface area (Å²) in [5.74, 6) is 0.498. The zero-order chi connectivity index (χ0) is 23.9. The Morgan fingerprint density at radius 3 is 2.57 bits per heavy atom. The molecule has 1 aliphatic rings. The fourth-order valence-corrected chi connectivity index (χ4v) is 3.92. The highest BCUT2D eigenvalue weighted by Crippen LogP contribution is 2.26. The Morgan fingerprint density at radius 1 is 0.943 bits per heavy atom. The van der Waals surface area contributed by atoms with E-state index in [1.54, 1.807) is 12.4 Å². The molecule has 0 bridgehead atoms. The summed E-state index contributed by atoms with van der Waals surface area (Å²) in [6.45, 7) is 3.87. The number of rotatable bonds is 7. The van der Waals surface area contributed by atoms with Gasteiger partial charge in [0.1, 0.15) is 6.07 Å². The van der Waals surface area contributed by atoms with Crippen molar-refractivity contribution in [2.45, 2.75) is 6.54 Å². The van der Waals surface area contributed by atoms with Gasteiger partial charge in [-0.15, -0.1) is 0 Å². The summed E-state index contributed by atoms with van der Waals surface area (Å²) in [7, 11) is 0. The number of pyridine rings is 1. The third kappa shape index (κ3) is 5.54. The van der Waals surface area contributed by atoms with Crippen molar-refractivity contribution in [3.05, 3.63) is 90.4 Å². The van der Waals surface area contributed by atoms with E-state index < -0.39 is 0 Å². The number of hydrogen-bond donors (Lipinski definition) is 2. The smallest absolute Gasteiger partial charge is 0.227 e. The Balaban J connectivity index is 1.28. The van der Waals surface area contributed by atoms with Crippen LogP contribution in [0, 0.1) is 11.3 Å². The summed E-state index contributed by atoms with van der Waals surface area (Å²) in [5.41, 5.74) is 5.88. The third-order valence-electron chi connectivity index (χ3n) is 5.78. The molecule has 4 aromatic rings. The molecule has 8 nitrogen and oxygen atoms in total. The van der Waals surface area contributed by atoms with Gasteiger partial charge < -0.3 is 20.3 Å². The highest BCUT2D eigenvalue weighted by molar-refractivity contribution is 5.70. The normalized spacial score (nSPS) is 13.2. The predicted octanol–water partition coefficient (Wildman–Crippen LogP) is 4.60. The SMILES string of the molecule is N#Cc1cc(-c2ccnc(Nc3ccc(N4CCOCC4)cc3)n2)ccc1NCc1ccccn1. The topological polar surface area (TPSA) is 99.0 Å². The number of morpholine rings is 1. The van der Waals surface area contributed by atoms with Crippen LogP contribution in [0.3, 0.4) is 0 Å². The number of nitriles is 1. The van der Waals surface area contributed by atoms with Gasteiger partial charge in [0.05, 0.1) is 42.4 Å². The van der Waals surface area contributed by atoms with E-state index in [2.05, 4.69) is 48.7 Å². The maximum Gasteiger partial charge on any atom is 0.227 e. The Hall–Kier alpha value is -4.48. The summed E-state index contributed by atoms with van der Waals surface area (Å²) in [6.07, 6.45) is 3.47. The molecule has 0 aliphatic carbocycles. The number of hydrogen-bond acceptors (Lipinski definition) is 8. The summed E-state index contributed by atoms with van der Waals surface area (Å²) in [4.78, 5) is 15.6. The lowest BCUT2D eigenvalue weighted by atomic mass is 10.1. The molecule has 1 aliphatic heterocycles. The van der Waals surface area contributed by atoms with Gasteiger partial charge in [0.15, 0.2) is 0 Å². The predicted molar refractivity (Wildman–Crippen MR) is 137 cm³/mol. The van der Waals surface area contributed by atoms with Crippen LogP contribution >= 0.6 is 0 Å². The second-order valence-corrected chi connectivity index (χ2v) is 8.08. The molecule has 0 saturated carbocycles. The lowest BCUT2D eigenvalue weighted by molar-refractivity contribution is 0.122. The number of benzene rings is 2. The largest absolute Gasteiger partial charge is 0.378 e. The minimum absolute atomic E-state index is 0.498. The molecule has 174 valence electrons. The monoisotopic (exact) mass is 463 g/mol. The molecule has 5 rings (SSSR count). The van der Waals surface area contributed by atoms with Gasteiger partial charge in [-0.1, -0.05) is 12.1 Å². The average Bonchev–Trinajstić information content (AvgIpc) is 2.93. The summed E-state index contributed by atoms with van der Waals surface area (Å²) in [6, 6.07) is 23.8. The summed E-state index contributed by atoms with van der Waals surface area (Å²) < 4.78 is 5.43. The number of anilines is 4. The molecular formula is C27H25N7O. The van der Waals surface area contributed by atoms with E-state index in [0.29, 0.717) is 18.1 Å². The zero-order valence-corrected chi connectivity index (χ0v) is 19.2. The fraction of sp³-hybridized carbons (Fsp3) is 0.185. The van der Waals surface area contributed by atoms with Gasteiger partial charge in [-0.2, -0.15) is 5.26 Å². The van der Waals surface area contributed by atoms with Crippen LogP contribution in [-0.4, -0.2) is 41.3 Å². The number of ether oxygens (including phenoxy) is 1. The molecule has 1 fully saturated rings. The zero-order valence-electron chi connectivity index (χ0n) is 19.2. The minimum atomic E-state index is 0.498. The molecule has 2 aromatic carbocycles. The van der Waals surface area contributed by atoms with E-state index in [9.17, 15) is 5.26 Å². The number of nitrogens with one attached hydrogen (secondary N) is 2. The van der Waals surface area contributed by atoms with Crippen molar-refractivity contribution in [3.63, 3.8) is 0 Å². The molecule has 0 unspecified atom stereocenters. The Morgan fingerprint density at radius 2 is 1.80 bits per heavy atom. The van der Waals surface area contributed by atoms with Gasteiger partial charge in [-0.05, 0) is 54.6 Å². The van der Waals surface area contributed by atoms with Crippen LogP contribution in [0.5, 0.6) is 0 Å². The maximum absolute atomic E-state index is 9.69. The van der Waals surface area contributed by atoms with Crippen LogP contribution in [0.25, 0.3) is 11.3 Å². The van der Waals surface area contributed by atoms with Gasteiger partial charge in [0.25, 0.3) is 0 Å². The van der Waals surface area contributed by atoms with Gasteiger partial charge in [0.2, 0.25) is 5.95 Å². The van der Waals surface area contributed by atoms with Crippen molar-refractivity contribution in [3.8, 4) is 17.3 Å². The fourth-order valence-electron chi connectivity index (χ4n) is 3.92. The van der Waals surface area contributed by atoms with E-state index in [1.807, 2.05) is 54.6 Å². The molecule has 2 N–H and O–H groups in total. The van der Waals surface area contributed by atoms with E-state index in [4.69, 9.17) is 4.74 Å². The average molecular weight is 464 g/mol. The highest BCUT2D eigenvalue weighted by Gasteiger charge is 2.11. The lowest BCUT2D eigenvalue weighted by Crippen LogP contribution is -2.36. The molecule has 3 heterocycles. The van der Waals surface area contributed by atoms with Crippen LogP contribution in [-0.2, 0) is 11.3 Å². The van der Waals surface area contributed by atoms with Gasteiger partial charge >= 0.3 is 0 Å². The molecule has 8 heteroatoms. The first-order valence-electron chi connectivity index (χ1n) is 11.5. The Bertz CT molecular complexity index is 1310. The Kier molecular flexibility index (Phi) is 6.78. The summed E-state index contributed by atoms with van der Waals surface area (Å²) >= 11 is 0. The standard InChI is InChI=1S/C27H25N7O/c28-18-21-17-20(4-9-25(21)31-19-23-3-1-2-11-29-23)26-10-12-30-27(33-26)32-22-5-7-24(8-6-22)34-13-15-35-16-14-34/h1-12,17,31H,13-16,19H2,(H,30,32,33). The van der Waals surface area contributed by atoms with Crippen molar-refractivity contribution in [2.24, 2.45) is 0 Å². The molecule has 0 atom stereocenters. The molecule has 0 amide bonds. The molecule has 0 spiro atoms. The van der Waals surface area contributed by atoms with E-state index >= 15 is 0 Å².